The SMILES string of the molecule is COc1ccc(Br)c(NCC(O)c2cccc(Br)c2)c1. The molecule has 2 rings (SSSR count). The van der Waals surface area contributed by atoms with Gasteiger partial charge in [-0.25, -0.2) is 0 Å². The van der Waals surface area contributed by atoms with Gasteiger partial charge in [0.1, 0.15) is 5.75 Å². The van der Waals surface area contributed by atoms with Crippen molar-refractivity contribution in [2.75, 3.05) is 19.0 Å². The Morgan fingerprint density at radius 2 is 2.00 bits per heavy atom. The van der Waals surface area contributed by atoms with Crippen LogP contribution in [0.5, 0.6) is 5.75 Å². The van der Waals surface area contributed by atoms with Crippen molar-refractivity contribution in [1.29, 1.82) is 0 Å². The van der Waals surface area contributed by atoms with Gasteiger partial charge in [0.2, 0.25) is 0 Å². The van der Waals surface area contributed by atoms with Gasteiger partial charge >= 0.3 is 0 Å². The van der Waals surface area contributed by atoms with Crippen LogP contribution in [-0.4, -0.2) is 18.8 Å². The van der Waals surface area contributed by atoms with Crippen LogP contribution < -0.4 is 10.1 Å². The fourth-order valence-corrected chi connectivity index (χ4v) is 2.61. The first-order valence-electron chi connectivity index (χ1n) is 6.11. The molecule has 0 heterocycles. The van der Waals surface area contributed by atoms with Crippen molar-refractivity contribution in [3.8, 4) is 5.75 Å². The minimum absolute atomic E-state index is 0.419. The summed E-state index contributed by atoms with van der Waals surface area (Å²) in [6.07, 6.45) is -0.578. The molecule has 0 radical (unpaired) electrons. The average molecular weight is 401 g/mol. The van der Waals surface area contributed by atoms with Gasteiger partial charge in [0.25, 0.3) is 0 Å². The predicted molar refractivity (Wildman–Crippen MR) is 88.3 cm³/mol. The molecule has 0 aliphatic heterocycles. The molecule has 3 nitrogen and oxygen atoms in total. The fourth-order valence-electron chi connectivity index (χ4n) is 1.81. The first kappa shape index (κ1) is 15.4. The van der Waals surface area contributed by atoms with Gasteiger partial charge in [-0.05, 0) is 45.8 Å². The maximum Gasteiger partial charge on any atom is 0.121 e. The molecule has 0 saturated heterocycles. The fraction of sp³-hybridized carbons (Fsp3) is 0.200. The largest absolute Gasteiger partial charge is 0.497 e. The summed E-state index contributed by atoms with van der Waals surface area (Å²) in [7, 11) is 1.63. The van der Waals surface area contributed by atoms with Gasteiger partial charge in [-0.15, -0.1) is 0 Å². The first-order valence-corrected chi connectivity index (χ1v) is 7.69. The summed E-state index contributed by atoms with van der Waals surface area (Å²) >= 11 is 6.87. The second kappa shape index (κ2) is 7.11. The normalized spacial score (nSPS) is 12.0. The summed E-state index contributed by atoms with van der Waals surface area (Å²) in [5.74, 6) is 0.771. The molecular formula is C15H15Br2NO2. The lowest BCUT2D eigenvalue weighted by Crippen LogP contribution is -2.12. The van der Waals surface area contributed by atoms with E-state index in [2.05, 4.69) is 37.2 Å². The van der Waals surface area contributed by atoms with E-state index in [1.807, 2.05) is 42.5 Å². The number of hydrogen-bond donors (Lipinski definition) is 2. The highest BCUT2D eigenvalue weighted by molar-refractivity contribution is 9.10. The summed E-state index contributed by atoms with van der Waals surface area (Å²) < 4.78 is 7.07. The molecule has 1 unspecified atom stereocenters. The number of nitrogens with one attached hydrogen (secondary N) is 1. The molecule has 2 aromatic carbocycles. The molecular weight excluding hydrogens is 386 g/mol. The zero-order valence-electron chi connectivity index (χ0n) is 10.9. The molecule has 5 heteroatoms. The quantitative estimate of drug-likeness (QED) is 0.783. The topological polar surface area (TPSA) is 41.5 Å². The third-order valence-corrected chi connectivity index (χ3v) is 4.08. The molecule has 0 bridgehead atoms. The van der Waals surface area contributed by atoms with Crippen LogP contribution in [0, 0.1) is 0 Å². The highest BCUT2D eigenvalue weighted by atomic mass is 79.9. The van der Waals surface area contributed by atoms with Crippen LogP contribution in [0.15, 0.2) is 51.4 Å². The highest BCUT2D eigenvalue weighted by Crippen LogP contribution is 2.28. The molecule has 0 aliphatic carbocycles. The average Bonchev–Trinajstić information content (AvgIpc) is 2.46. The maximum atomic E-state index is 10.2. The molecule has 0 aliphatic rings. The van der Waals surface area contributed by atoms with E-state index in [1.54, 1.807) is 7.11 Å². The lowest BCUT2D eigenvalue weighted by molar-refractivity contribution is 0.191. The summed E-state index contributed by atoms with van der Waals surface area (Å²) in [6.45, 7) is 0.419. The van der Waals surface area contributed by atoms with Crippen molar-refractivity contribution < 1.29 is 9.84 Å². The zero-order valence-corrected chi connectivity index (χ0v) is 14.1. The van der Waals surface area contributed by atoms with Crippen LogP contribution in [0.25, 0.3) is 0 Å². The van der Waals surface area contributed by atoms with Crippen LogP contribution in [-0.2, 0) is 0 Å². The van der Waals surface area contributed by atoms with Crippen LogP contribution in [0.3, 0.4) is 0 Å². The molecule has 2 aromatic rings. The van der Waals surface area contributed by atoms with Crippen LogP contribution in [0.1, 0.15) is 11.7 Å². The Kier molecular flexibility index (Phi) is 5.46. The molecule has 0 fully saturated rings. The van der Waals surface area contributed by atoms with Gasteiger partial charge in [-0.1, -0.05) is 28.1 Å². The monoisotopic (exact) mass is 399 g/mol. The number of halogens is 2. The molecule has 0 amide bonds. The van der Waals surface area contributed by atoms with Gasteiger partial charge in [0.05, 0.1) is 18.9 Å². The van der Waals surface area contributed by atoms with Crippen LogP contribution >= 0.6 is 31.9 Å². The van der Waals surface area contributed by atoms with Gasteiger partial charge in [0, 0.05) is 21.6 Å². The number of rotatable bonds is 5. The van der Waals surface area contributed by atoms with Crippen molar-refractivity contribution in [2.24, 2.45) is 0 Å². The third-order valence-electron chi connectivity index (χ3n) is 2.89. The second-order valence-electron chi connectivity index (χ2n) is 4.30. The predicted octanol–water partition coefficient (Wildman–Crippen LogP) is 4.37. The second-order valence-corrected chi connectivity index (χ2v) is 6.07. The molecule has 106 valence electrons. The smallest absolute Gasteiger partial charge is 0.121 e. The molecule has 0 spiro atoms. The van der Waals surface area contributed by atoms with E-state index in [0.29, 0.717) is 6.54 Å². The van der Waals surface area contributed by atoms with Crippen LogP contribution in [0.4, 0.5) is 5.69 Å². The van der Waals surface area contributed by atoms with Gasteiger partial charge in [-0.3, -0.25) is 0 Å². The van der Waals surface area contributed by atoms with Crippen molar-refractivity contribution >= 4 is 37.5 Å². The highest BCUT2D eigenvalue weighted by Gasteiger charge is 2.09. The lowest BCUT2D eigenvalue weighted by Gasteiger charge is -2.15. The van der Waals surface area contributed by atoms with Gasteiger partial charge in [0.15, 0.2) is 0 Å². The summed E-state index contributed by atoms with van der Waals surface area (Å²) in [5.41, 5.74) is 1.75. The number of hydrogen-bond acceptors (Lipinski definition) is 3. The number of benzene rings is 2. The number of ether oxygens (including phenoxy) is 1. The molecule has 1 atom stereocenters. The third kappa shape index (κ3) is 3.98. The molecule has 0 aromatic heterocycles. The molecule has 0 saturated carbocycles. The van der Waals surface area contributed by atoms with E-state index in [-0.39, 0.29) is 0 Å². The van der Waals surface area contributed by atoms with E-state index in [0.717, 1.165) is 25.9 Å². The summed E-state index contributed by atoms with van der Waals surface area (Å²) in [5, 5.41) is 13.4. The lowest BCUT2D eigenvalue weighted by atomic mass is 10.1. The van der Waals surface area contributed by atoms with Crippen molar-refractivity contribution in [3.63, 3.8) is 0 Å². The number of aliphatic hydroxyl groups is 1. The van der Waals surface area contributed by atoms with E-state index in [1.165, 1.54) is 0 Å². The Balaban J connectivity index is 2.05. The molecule has 20 heavy (non-hydrogen) atoms. The van der Waals surface area contributed by atoms with Gasteiger partial charge < -0.3 is 15.2 Å². The van der Waals surface area contributed by atoms with E-state index in [4.69, 9.17) is 4.74 Å². The van der Waals surface area contributed by atoms with Crippen molar-refractivity contribution in [2.45, 2.75) is 6.10 Å². The van der Waals surface area contributed by atoms with E-state index < -0.39 is 6.10 Å². The van der Waals surface area contributed by atoms with Gasteiger partial charge in [-0.2, -0.15) is 0 Å². The van der Waals surface area contributed by atoms with Crippen LogP contribution in [0.2, 0.25) is 0 Å². The summed E-state index contributed by atoms with van der Waals surface area (Å²) in [6, 6.07) is 13.3. The summed E-state index contributed by atoms with van der Waals surface area (Å²) in [4.78, 5) is 0. The molecule has 2 N–H and O–H groups in total. The first-order chi connectivity index (χ1) is 9.60. The Labute approximate surface area is 135 Å². The van der Waals surface area contributed by atoms with Crippen molar-refractivity contribution in [1.82, 2.24) is 0 Å². The van der Waals surface area contributed by atoms with E-state index in [9.17, 15) is 5.11 Å². The number of aliphatic hydroxyl groups excluding tert-OH is 1. The minimum Gasteiger partial charge on any atom is -0.497 e. The Bertz CT molecular complexity index is 590. The number of anilines is 1. The Morgan fingerprint density at radius 3 is 2.70 bits per heavy atom. The zero-order chi connectivity index (χ0) is 14.5. The Morgan fingerprint density at radius 1 is 1.20 bits per heavy atom. The maximum absolute atomic E-state index is 10.2. The van der Waals surface area contributed by atoms with E-state index >= 15 is 0 Å². The van der Waals surface area contributed by atoms with Crippen molar-refractivity contribution in [3.05, 3.63) is 57.0 Å². The minimum atomic E-state index is -0.578. The standard InChI is InChI=1S/C15H15Br2NO2/c1-20-12-5-6-13(17)14(8-12)18-9-15(19)10-3-2-4-11(16)7-10/h2-8,15,18-19H,9H2,1H3. The Hall–Kier alpha value is -1.04. The number of methoxy groups -OCH3 is 1.